The molecule has 3 rings (SSSR count). The molecule has 0 aliphatic carbocycles. The van der Waals surface area contributed by atoms with Crippen LogP contribution in [-0.4, -0.2) is 35.0 Å². The molecule has 0 spiro atoms. The lowest BCUT2D eigenvalue weighted by atomic mass is 10.1. The van der Waals surface area contributed by atoms with Crippen LogP contribution in [0.3, 0.4) is 0 Å². The van der Waals surface area contributed by atoms with Crippen LogP contribution in [0, 0.1) is 11.6 Å². The van der Waals surface area contributed by atoms with Gasteiger partial charge in [-0.1, -0.05) is 0 Å². The molecule has 8 heteroatoms. The second-order valence-corrected chi connectivity index (χ2v) is 5.26. The zero-order valence-corrected chi connectivity index (χ0v) is 12.9. The van der Waals surface area contributed by atoms with Gasteiger partial charge in [0.1, 0.15) is 35.1 Å². The Morgan fingerprint density at radius 1 is 1.08 bits per heavy atom. The van der Waals surface area contributed by atoms with Gasteiger partial charge in [0.25, 0.3) is 5.91 Å². The maximum Gasteiger partial charge on any atom is 0.258 e. The second kappa shape index (κ2) is 6.15. The van der Waals surface area contributed by atoms with Crippen LogP contribution in [0.2, 0.25) is 0 Å². The number of pyridine rings is 1. The molecule has 0 aliphatic rings. The zero-order chi connectivity index (χ0) is 17.3. The Balaban J connectivity index is 1.92. The summed E-state index contributed by atoms with van der Waals surface area (Å²) in [6, 6.07) is 4.83. The molecular formula is C16H13F2N5O. The minimum Gasteiger partial charge on any atom is -0.363 e. The van der Waals surface area contributed by atoms with E-state index >= 15 is 0 Å². The number of rotatable bonds is 3. The molecule has 0 atom stereocenters. The highest BCUT2D eigenvalue weighted by molar-refractivity contribution is 6.05. The average Bonchev–Trinajstić information content (AvgIpc) is 2.58. The molecule has 0 radical (unpaired) electrons. The van der Waals surface area contributed by atoms with Crippen LogP contribution in [0.15, 0.2) is 36.8 Å². The number of nitrogens with zero attached hydrogens (tertiary/aromatic N) is 4. The van der Waals surface area contributed by atoms with Crippen molar-refractivity contribution in [2.45, 2.75) is 0 Å². The van der Waals surface area contributed by atoms with Crippen molar-refractivity contribution in [3.05, 3.63) is 54.0 Å². The fraction of sp³-hybridized carbons (Fsp3) is 0.125. The van der Waals surface area contributed by atoms with Crippen molar-refractivity contribution in [2.24, 2.45) is 0 Å². The van der Waals surface area contributed by atoms with E-state index in [9.17, 15) is 13.6 Å². The Morgan fingerprint density at radius 2 is 1.83 bits per heavy atom. The molecule has 24 heavy (non-hydrogen) atoms. The molecule has 0 fully saturated rings. The second-order valence-electron chi connectivity index (χ2n) is 5.26. The summed E-state index contributed by atoms with van der Waals surface area (Å²) >= 11 is 0. The normalized spacial score (nSPS) is 10.7. The number of hydrogen-bond donors (Lipinski definition) is 1. The standard InChI is InChI=1S/C16H13F2N5O/c1-23(2)14-6-13(20-8-21-14)22-16(24)9-5-10-11(17)3-4-12(18)15(10)19-7-9/h3-8H,1-2H3,(H,20,21,22,24). The van der Waals surface area contributed by atoms with Crippen molar-refractivity contribution in [1.29, 1.82) is 0 Å². The number of nitrogens with one attached hydrogen (secondary N) is 1. The third kappa shape index (κ3) is 2.98. The van der Waals surface area contributed by atoms with E-state index in [1.165, 1.54) is 18.6 Å². The van der Waals surface area contributed by atoms with Crippen LogP contribution in [0.5, 0.6) is 0 Å². The number of carbonyl (C=O) groups excluding carboxylic acids is 1. The fourth-order valence-corrected chi connectivity index (χ4v) is 2.12. The number of carbonyl (C=O) groups is 1. The summed E-state index contributed by atoms with van der Waals surface area (Å²) in [7, 11) is 3.61. The molecule has 1 N–H and O–H groups in total. The SMILES string of the molecule is CN(C)c1cc(NC(=O)c2cnc3c(F)ccc(F)c3c2)ncn1. The highest BCUT2D eigenvalue weighted by atomic mass is 19.1. The van der Waals surface area contributed by atoms with E-state index in [1.807, 2.05) is 0 Å². The Labute approximate surface area is 136 Å². The van der Waals surface area contributed by atoms with Crippen LogP contribution >= 0.6 is 0 Å². The maximum absolute atomic E-state index is 13.8. The summed E-state index contributed by atoms with van der Waals surface area (Å²) in [5.41, 5.74) is -0.0273. The van der Waals surface area contributed by atoms with Gasteiger partial charge in [-0.25, -0.2) is 18.7 Å². The molecular weight excluding hydrogens is 316 g/mol. The van der Waals surface area contributed by atoms with E-state index in [1.54, 1.807) is 25.1 Å². The predicted octanol–water partition coefficient (Wildman–Crippen LogP) is 2.62. The average molecular weight is 329 g/mol. The van der Waals surface area contributed by atoms with E-state index in [0.29, 0.717) is 11.6 Å². The number of amides is 1. The monoisotopic (exact) mass is 329 g/mol. The molecule has 0 bridgehead atoms. The first-order valence-corrected chi connectivity index (χ1v) is 7.00. The first-order chi connectivity index (χ1) is 11.5. The third-order valence-electron chi connectivity index (χ3n) is 3.36. The first-order valence-electron chi connectivity index (χ1n) is 7.00. The number of benzene rings is 1. The van der Waals surface area contributed by atoms with Crippen molar-refractivity contribution in [3.8, 4) is 0 Å². The third-order valence-corrected chi connectivity index (χ3v) is 3.36. The highest BCUT2D eigenvalue weighted by Gasteiger charge is 2.13. The topological polar surface area (TPSA) is 71.0 Å². The van der Waals surface area contributed by atoms with Gasteiger partial charge in [-0.3, -0.25) is 9.78 Å². The number of anilines is 2. The Kier molecular flexibility index (Phi) is 4.03. The number of aromatic nitrogens is 3. The summed E-state index contributed by atoms with van der Waals surface area (Å²) in [4.78, 5) is 25.9. The molecule has 1 amide bonds. The highest BCUT2D eigenvalue weighted by Crippen LogP contribution is 2.21. The maximum atomic E-state index is 13.8. The van der Waals surface area contributed by atoms with Gasteiger partial charge in [0.05, 0.1) is 5.56 Å². The van der Waals surface area contributed by atoms with Gasteiger partial charge in [-0.15, -0.1) is 0 Å². The lowest BCUT2D eigenvalue weighted by Crippen LogP contribution is -2.15. The molecule has 0 saturated carbocycles. The molecule has 6 nitrogen and oxygen atoms in total. The Bertz CT molecular complexity index is 929. The minimum absolute atomic E-state index is 0.0562. The zero-order valence-electron chi connectivity index (χ0n) is 12.9. The van der Waals surface area contributed by atoms with Gasteiger partial charge >= 0.3 is 0 Å². The first kappa shape index (κ1) is 15.7. The number of fused-ring (bicyclic) bond motifs is 1. The molecule has 1 aromatic carbocycles. The van der Waals surface area contributed by atoms with Crippen molar-refractivity contribution in [2.75, 3.05) is 24.3 Å². The van der Waals surface area contributed by atoms with Gasteiger partial charge in [0, 0.05) is 31.7 Å². The van der Waals surface area contributed by atoms with Crippen LogP contribution < -0.4 is 10.2 Å². The summed E-state index contributed by atoms with van der Waals surface area (Å²) in [5.74, 6) is -0.921. The van der Waals surface area contributed by atoms with Crippen LogP contribution in [0.1, 0.15) is 10.4 Å². The lowest BCUT2D eigenvalue weighted by molar-refractivity contribution is 0.102. The van der Waals surface area contributed by atoms with Crippen molar-refractivity contribution in [3.63, 3.8) is 0 Å². The van der Waals surface area contributed by atoms with E-state index in [-0.39, 0.29) is 16.5 Å². The summed E-state index contributed by atoms with van der Waals surface area (Å²) < 4.78 is 27.4. The largest absolute Gasteiger partial charge is 0.363 e. The van der Waals surface area contributed by atoms with Crippen LogP contribution in [0.25, 0.3) is 10.9 Å². The molecule has 3 aromatic rings. The van der Waals surface area contributed by atoms with Crippen molar-refractivity contribution in [1.82, 2.24) is 15.0 Å². The predicted molar refractivity (Wildman–Crippen MR) is 86.0 cm³/mol. The quantitative estimate of drug-likeness (QED) is 0.800. The van der Waals surface area contributed by atoms with Gasteiger partial charge < -0.3 is 10.2 Å². The van der Waals surface area contributed by atoms with Crippen molar-refractivity contribution >= 4 is 28.4 Å². The molecule has 2 aromatic heterocycles. The van der Waals surface area contributed by atoms with E-state index in [0.717, 1.165) is 12.1 Å². The van der Waals surface area contributed by atoms with Crippen LogP contribution in [-0.2, 0) is 0 Å². The van der Waals surface area contributed by atoms with Crippen molar-refractivity contribution < 1.29 is 13.6 Å². The Morgan fingerprint density at radius 3 is 2.58 bits per heavy atom. The van der Waals surface area contributed by atoms with Gasteiger partial charge in [0.2, 0.25) is 0 Å². The Hall–Kier alpha value is -3.16. The van der Waals surface area contributed by atoms with Gasteiger partial charge in [-0.2, -0.15) is 0 Å². The summed E-state index contributed by atoms with van der Waals surface area (Å²) in [5, 5.41) is 2.52. The molecule has 2 heterocycles. The summed E-state index contributed by atoms with van der Waals surface area (Å²) in [6.45, 7) is 0. The summed E-state index contributed by atoms with van der Waals surface area (Å²) in [6.07, 6.45) is 2.51. The van der Waals surface area contributed by atoms with E-state index in [2.05, 4.69) is 20.3 Å². The van der Waals surface area contributed by atoms with E-state index in [4.69, 9.17) is 0 Å². The lowest BCUT2D eigenvalue weighted by Gasteiger charge is -2.12. The molecule has 0 aliphatic heterocycles. The van der Waals surface area contributed by atoms with E-state index < -0.39 is 17.5 Å². The van der Waals surface area contributed by atoms with Gasteiger partial charge in [-0.05, 0) is 18.2 Å². The fourth-order valence-electron chi connectivity index (χ4n) is 2.12. The molecule has 122 valence electrons. The number of hydrogen-bond acceptors (Lipinski definition) is 5. The smallest absolute Gasteiger partial charge is 0.258 e. The number of halogens is 2. The minimum atomic E-state index is -0.648. The van der Waals surface area contributed by atoms with Gasteiger partial charge in [0.15, 0.2) is 0 Å². The molecule has 0 unspecified atom stereocenters. The molecule has 0 saturated heterocycles. The van der Waals surface area contributed by atoms with Crippen LogP contribution in [0.4, 0.5) is 20.4 Å².